The Bertz CT molecular complexity index is 1670. The summed E-state index contributed by atoms with van der Waals surface area (Å²) in [4.78, 5) is 36.8. The Morgan fingerprint density at radius 3 is 2.41 bits per heavy atom. The quantitative estimate of drug-likeness (QED) is 0.244. The average Bonchev–Trinajstić information content (AvgIpc) is 3.75. The van der Waals surface area contributed by atoms with Crippen LogP contribution in [0, 0.1) is 11.6 Å². The van der Waals surface area contributed by atoms with Gasteiger partial charge < -0.3 is 19.8 Å². The molecular weight excluding hydrogens is 592 g/mol. The maximum absolute atomic E-state index is 13.9. The zero-order valence-corrected chi connectivity index (χ0v) is 24.8. The fourth-order valence-corrected chi connectivity index (χ4v) is 4.60. The molecule has 2 N–H and O–H groups in total. The van der Waals surface area contributed by atoms with E-state index in [0.29, 0.717) is 28.0 Å². The predicted molar refractivity (Wildman–Crippen MR) is 162 cm³/mol. The molecule has 0 spiro atoms. The van der Waals surface area contributed by atoms with Gasteiger partial charge in [0, 0.05) is 25.7 Å². The molecule has 6 rings (SSSR count). The molecule has 1 fully saturated rings. The second-order valence-corrected chi connectivity index (χ2v) is 10.9. The molecule has 0 unspecified atom stereocenters. The molecule has 2 amide bonds. The van der Waals surface area contributed by atoms with Crippen LogP contribution in [-0.2, 0) is 9.53 Å². The number of rotatable bonds is 7. The number of halogens is 3. The van der Waals surface area contributed by atoms with E-state index < -0.39 is 35.7 Å². The predicted octanol–water partition coefficient (Wildman–Crippen LogP) is 6.75. The highest BCUT2D eigenvalue weighted by Crippen LogP contribution is 2.37. The SMILES string of the molecule is C1CC1.CN(C)C(=O)OC[C@H](c1ccc(Cl)c(-c2ncc(-c3ccccc3)o2)c1)N1C(=O)[C@@H](c2cc(F)cc(F)c2)N=C1N. The summed E-state index contributed by atoms with van der Waals surface area (Å²) in [7, 11) is 3.02. The number of nitrogens with two attached hydrogens (primary N) is 1. The highest BCUT2D eigenvalue weighted by Gasteiger charge is 2.40. The van der Waals surface area contributed by atoms with Crippen molar-refractivity contribution in [3.63, 3.8) is 0 Å². The van der Waals surface area contributed by atoms with Crippen LogP contribution in [0.2, 0.25) is 5.02 Å². The third-order valence-corrected chi connectivity index (χ3v) is 7.07. The summed E-state index contributed by atoms with van der Waals surface area (Å²) < 4.78 is 39.3. The van der Waals surface area contributed by atoms with Crippen molar-refractivity contribution in [1.29, 1.82) is 0 Å². The largest absolute Gasteiger partial charge is 0.447 e. The molecule has 3 aromatic carbocycles. The zero-order chi connectivity index (χ0) is 31.4. The number of hydrogen-bond acceptors (Lipinski definition) is 7. The van der Waals surface area contributed by atoms with Gasteiger partial charge in [-0.05, 0) is 35.4 Å². The number of aliphatic imine (C=N–C) groups is 1. The van der Waals surface area contributed by atoms with Gasteiger partial charge in [0.2, 0.25) is 5.89 Å². The number of ether oxygens (including phenoxy) is 1. The van der Waals surface area contributed by atoms with Gasteiger partial charge in [-0.25, -0.2) is 23.6 Å². The minimum absolute atomic E-state index is 0.00740. The number of benzene rings is 3. The van der Waals surface area contributed by atoms with Crippen LogP contribution >= 0.6 is 11.6 Å². The zero-order valence-electron chi connectivity index (χ0n) is 24.0. The third-order valence-electron chi connectivity index (χ3n) is 6.74. The van der Waals surface area contributed by atoms with E-state index >= 15 is 0 Å². The van der Waals surface area contributed by atoms with Gasteiger partial charge in [0.1, 0.15) is 18.2 Å². The van der Waals surface area contributed by atoms with Crippen LogP contribution in [0.5, 0.6) is 0 Å². The number of carbonyl (C=O) groups is 2. The standard InChI is InChI=1S/C29H24ClF2N5O4.C3H6/c1-36(2)29(39)40-15-23(37-27(38)25(35-28(37)33)18-10-19(31)13-20(32)11-18)17-8-9-22(30)21(12-17)26-34-14-24(41-26)16-6-4-3-5-7-16;1-2-3-1/h3-14,23,25H,15H2,1-2H3,(H2,33,35);1-3H2/t23-,25-;/m1./s1. The lowest BCUT2D eigenvalue weighted by atomic mass is 10.0. The van der Waals surface area contributed by atoms with Crippen molar-refractivity contribution in [3.8, 4) is 22.8 Å². The summed E-state index contributed by atoms with van der Waals surface area (Å²) >= 11 is 6.52. The fraction of sp³-hybridized carbons (Fsp3) is 0.250. The van der Waals surface area contributed by atoms with Crippen molar-refractivity contribution in [2.45, 2.75) is 31.3 Å². The molecule has 0 radical (unpaired) electrons. The van der Waals surface area contributed by atoms with Gasteiger partial charge in [0.05, 0.1) is 22.8 Å². The Kier molecular flexibility index (Phi) is 9.24. The van der Waals surface area contributed by atoms with Crippen LogP contribution in [0.3, 0.4) is 0 Å². The van der Waals surface area contributed by atoms with Gasteiger partial charge in [-0.1, -0.05) is 67.3 Å². The van der Waals surface area contributed by atoms with Gasteiger partial charge in [-0.3, -0.25) is 9.69 Å². The van der Waals surface area contributed by atoms with Crippen molar-refractivity contribution >= 4 is 29.6 Å². The van der Waals surface area contributed by atoms with Crippen molar-refractivity contribution in [2.24, 2.45) is 10.7 Å². The molecule has 12 heteroatoms. The maximum atomic E-state index is 13.9. The Morgan fingerprint density at radius 1 is 1.09 bits per heavy atom. The van der Waals surface area contributed by atoms with E-state index in [1.807, 2.05) is 30.3 Å². The van der Waals surface area contributed by atoms with Gasteiger partial charge in [-0.2, -0.15) is 0 Å². The second-order valence-electron chi connectivity index (χ2n) is 10.5. The molecule has 4 aromatic rings. The summed E-state index contributed by atoms with van der Waals surface area (Å²) in [6.45, 7) is -0.314. The van der Waals surface area contributed by atoms with Crippen molar-refractivity contribution in [2.75, 3.05) is 20.7 Å². The topological polar surface area (TPSA) is 114 Å². The molecule has 228 valence electrons. The molecule has 1 aliphatic carbocycles. The summed E-state index contributed by atoms with van der Waals surface area (Å²) in [6.07, 6.45) is 5.41. The first kappa shape index (κ1) is 30.7. The Morgan fingerprint density at radius 2 is 1.77 bits per heavy atom. The number of oxazole rings is 1. The monoisotopic (exact) mass is 621 g/mol. The first-order valence-corrected chi connectivity index (χ1v) is 14.3. The van der Waals surface area contributed by atoms with Crippen molar-refractivity contribution in [1.82, 2.24) is 14.8 Å². The summed E-state index contributed by atoms with van der Waals surface area (Å²) in [5.74, 6) is -1.84. The van der Waals surface area contributed by atoms with Gasteiger partial charge in [-0.15, -0.1) is 0 Å². The number of carbonyl (C=O) groups excluding carboxylic acids is 2. The van der Waals surface area contributed by atoms with Crippen molar-refractivity contribution in [3.05, 3.63) is 101 Å². The molecule has 0 bridgehead atoms. The smallest absolute Gasteiger partial charge is 0.409 e. The van der Waals surface area contributed by atoms with Crippen LogP contribution in [0.1, 0.15) is 42.5 Å². The highest BCUT2D eigenvalue weighted by atomic mass is 35.5. The lowest BCUT2D eigenvalue weighted by Crippen LogP contribution is -2.43. The highest BCUT2D eigenvalue weighted by molar-refractivity contribution is 6.33. The first-order valence-electron chi connectivity index (χ1n) is 13.9. The minimum atomic E-state index is -1.29. The van der Waals surface area contributed by atoms with E-state index in [4.69, 9.17) is 26.5 Å². The lowest BCUT2D eigenvalue weighted by Gasteiger charge is -2.29. The molecule has 0 saturated heterocycles. The van der Waals surface area contributed by atoms with E-state index in [2.05, 4.69) is 9.98 Å². The second kappa shape index (κ2) is 13.3. The average molecular weight is 622 g/mol. The third kappa shape index (κ3) is 7.05. The molecule has 44 heavy (non-hydrogen) atoms. The number of guanidine groups is 1. The van der Waals surface area contributed by atoms with E-state index in [9.17, 15) is 18.4 Å². The van der Waals surface area contributed by atoms with Crippen LogP contribution in [0.25, 0.3) is 22.8 Å². The molecule has 2 heterocycles. The van der Waals surface area contributed by atoms with Crippen LogP contribution in [-0.4, -0.2) is 53.4 Å². The normalized spacial score (nSPS) is 16.1. The minimum Gasteiger partial charge on any atom is -0.447 e. The molecule has 1 aliphatic heterocycles. The molecule has 2 aliphatic rings. The number of amides is 2. The van der Waals surface area contributed by atoms with E-state index in [0.717, 1.165) is 22.6 Å². The van der Waals surface area contributed by atoms with E-state index in [-0.39, 0.29) is 24.0 Å². The van der Waals surface area contributed by atoms with Crippen LogP contribution in [0.15, 0.2) is 82.3 Å². The Labute approximate surface area is 257 Å². The Balaban J connectivity index is 0.00000121. The van der Waals surface area contributed by atoms with E-state index in [1.54, 1.807) is 24.4 Å². The van der Waals surface area contributed by atoms with Gasteiger partial charge in [0.25, 0.3) is 5.91 Å². The summed E-state index contributed by atoms with van der Waals surface area (Å²) in [5, 5.41) is 0.321. The molecule has 1 aromatic heterocycles. The van der Waals surface area contributed by atoms with Crippen LogP contribution < -0.4 is 5.73 Å². The summed E-state index contributed by atoms with van der Waals surface area (Å²) in [5.41, 5.74) is 7.88. The lowest BCUT2D eigenvalue weighted by molar-refractivity contribution is -0.129. The number of hydrogen-bond donors (Lipinski definition) is 1. The Hall–Kier alpha value is -4.77. The molecule has 1 saturated carbocycles. The van der Waals surface area contributed by atoms with Crippen LogP contribution in [0.4, 0.5) is 13.6 Å². The first-order chi connectivity index (χ1) is 21.1. The number of aromatic nitrogens is 1. The van der Waals surface area contributed by atoms with E-state index in [1.165, 1.54) is 38.3 Å². The summed E-state index contributed by atoms with van der Waals surface area (Å²) in [6, 6.07) is 14.7. The fourth-order valence-electron chi connectivity index (χ4n) is 4.41. The molecular formula is C32H30ClF2N5O4. The molecule has 9 nitrogen and oxygen atoms in total. The molecule has 2 atom stereocenters. The van der Waals surface area contributed by atoms with Gasteiger partial charge in [0.15, 0.2) is 17.8 Å². The van der Waals surface area contributed by atoms with Gasteiger partial charge >= 0.3 is 6.09 Å². The van der Waals surface area contributed by atoms with Crippen molar-refractivity contribution < 1.29 is 27.5 Å². The number of nitrogens with zero attached hydrogens (tertiary/aromatic N) is 4. The maximum Gasteiger partial charge on any atom is 0.409 e.